The van der Waals surface area contributed by atoms with Gasteiger partial charge in [-0.15, -0.1) is 0 Å². The monoisotopic (exact) mass is 241 g/mol. The standard InChI is InChI=1S/C11H9ClFNO2/c1-2-16-11(15)4-7-3-8(6-14)10(13)5-9(7)12/h3,5H,2,4H2,1H3. The Morgan fingerprint density at radius 3 is 2.88 bits per heavy atom. The number of ether oxygens (including phenoxy) is 1. The van der Waals surface area contributed by atoms with Gasteiger partial charge in [-0.25, -0.2) is 4.39 Å². The first-order valence-corrected chi connectivity index (χ1v) is 5.00. The molecule has 16 heavy (non-hydrogen) atoms. The number of carbonyl (C=O) groups excluding carboxylic acids is 1. The van der Waals surface area contributed by atoms with E-state index in [4.69, 9.17) is 21.6 Å². The van der Waals surface area contributed by atoms with Gasteiger partial charge in [0.1, 0.15) is 11.9 Å². The van der Waals surface area contributed by atoms with E-state index in [9.17, 15) is 9.18 Å². The second kappa shape index (κ2) is 5.47. The van der Waals surface area contributed by atoms with Crippen molar-refractivity contribution >= 4 is 17.6 Å². The molecule has 0 aliphatic rings. The van der Waals surface area contributed by atoms with Gasteiger partial charge in [-0.2, -0.15) is 5.26 Å². The summed E-state index contributed by atoms with van der Waals surface area (Å²) in [6.07, 6.45) is -0.0678. The van der Waals surface area contributed by atoms with Gasteiger partial charge >= 0.3 is 5.97 Å². The number of nitriles is 1. The van der Waals surface area contributed by atoms with Crippen LogP contribution in [0.2, 0.25) is 5.02 Å². The summed E-state index contributed by atoms with van der Waals surface area (Å²) in [5, 5.41) is 8.74. The van der Waals surface area contributed by atoms with Crippen molar-refractivity contribution in [2.24, 2.45) is 0 Å². The van der Waals surface area contributed by atoms with Crippen LogP contribution in [0, 0.1) is 17.1 Å². The fourth-order valence-corrected chi connectivity index (χ4v) is 1.40. The van der Waals surface area contributed by atoms with Crippen LogP contribution in [0.25, 0.3) is 0 Å². The number of hydrogen-bond donors (Lipinski definition) is 0. The second-order valence-corrected chi connectivity index (χ2v) is 3.42. The maximum absolute atomic E-state index is 13.1. The summed E-state index contributed by atoms with van der Waals surface area (Å²) in [6, 6.07) is 3.96. The van der Waals surface area contributed by atoms with Crippen LogP contribution in [-0.2, 0) is 16.0 Å². The minimum atomic E-state index is -0.694. The lowest BCUT2D eigenvalue weighted by molar-refractivity contribution is -0.142. The summed E-state index contributed by atoms with van der Waals surface area (Å²) in [7, 11) is 0. The van der Waals surface area contributed by atoms with Gasteiger partial charge in [0.25, 0.3) is 0 Å². The van der Waals surface area contributed by atoms with Crippen LogP contribution < -0.4 is 0 Å². The lowest BCUT2D eigenvalue weighted by Crippen LogP contribution is -2.08. The third kappa shape index (κ3) is 2.94. The number of benzene rings is 1. The van der Waals surface area contributed by atoms with Crippen molar-refractivity contribution in [3.05, 3.63) is 34.1 Å². The highest BCUT2D eigenvalue weighted by molar-refractivity contribution is 6.31. The molecule has 0 aliphatic carbocycles. The molecule has 1 aromatic carbocycles. The molecule has 0 fully saturated rings. The number of carbonyl (C=O) groups is 1. The average molecular weight is 242 g/mol. The molecule has 84 valence electrons. The molecule has 0 atom stereocenters. The van der Waals surface area contributed by atoms with E-state index in [1.54, 1.807) is 13.0 Å². The number of esters is 1. The zero-order valence-corrected chi connectivity index (χ0v) is 9.34. The maximum atomic E-state index is 13.1. The summed E-state index contributed by atoms with van der Waals surface area (Å²) < 4.78 is 17.8. The molecule has 3 nitrogen and oxygen atoms in total. The van der Waals surface area contributed by atoms with Crippen LogP contribution in [0.3, 0.4) is 0 Å². The minimum Gasteiger partial charge on any atom is -0.466 e. The Morgan fingerprint density at radius 2 is 2.31 bits per heavy atom. The molecule has 0 heterocycles. The zero-order chi connectivity index (χ0) is 12.1. The van der Waals surface area contributed by atoms with Crippen LogP contribution in [-0.4, -0.2) is 12.6 Å². The molecule has 0 spiro atoms. The summed E-state index contributed by atoms with van der Waals surface area (Å²) in [5.41, 5.74) is 0.252. The summed E-state index contributed by atoms with van der Waals surface area (Å²) in [5.74, 6) is -1.15. The first-order chi connectivity index (χ1) is 7.58. The highest BCUT2D eigenvalue weighted by Gasteiger charge is 2.12. The quantitative estimate of drug-likeness (QED) is 0.764. The molecule has 0 N–H and O–H groups in total. The van der Waals surface area contributed by atoms with Gasteiger partial charge in [-0.05, 0) is 24.6 Å². The van der Waals surface area contributed by atoms with Gasteiger partial charge < -0.3 is 4.74 Å². The molecule has 0 aliphatic heterocycles. The molecule has 0 amide bonds. The van der Waals surface area contributed by atoms with Crippen molar-refractivity contribution in [2.45, 2.75) is 13.3 Å². The van der Waals surface area contributed by atoms with Crippen LogP contribution in [0.15, 0.2) is 12.1 Å². The molecule has 5 heteroatoms. The third-order valence-electron chi connectivity index (χ3n) is 1.90. The topological polar surface area (TPSA) is 50.1 Å². The van der Waals surface area contributed by atoms with Crippen LogP contribution in [0.5, 0.6) is 0 Å². The van der Waals surface area contributed by atoms with E-state index in [2.05, 4.69) is 0 Å². The first kappa shape index (κ1) is 12.5. The Kier molecular flexibility index (Phi) is 4.27. The van der Waals surface area contributed by atoms with Crippen molar-refractivity contribution in [3.63, 3.8) is 0 Å². The highest BCUT2D eigenvalue weighted by Crippen LogP contribution is 2.21. The molecule has 1 rings (SSSR count). The molecule has 0 aromatic heterocycles. The van der Waals surface area contributed by atoms with Gasteiger partial charge in [0.2, 0.25) is 0 Å². The normalized spacial score (nSPS) is 9.62. The molecule has 0 bridgehead atoms. The van der Waals surface area contributed by atoms with Crippen molar-refractivity contribution in [1.82, 2.24) is 0 Å². The number of halogens is 2. The minimum absolute atomic E-state index is 0.0678. The van der Waals surface area contributed by atoms with E-state index in [1.165, 1.54) is 6.07 Å². The van der Waals surface area contributed by atoms with E-state index in [0.717, 1.165) is 6.07 Å². The second-order valence-electron chi connectivity index (χ2n) is 3.02. The summed E-state index contributed by atoms with van der Waals surface area (Å²) >= 11 is 5.75. The average Bonchev–Trinajstić information content (AvgIpc) is 2.22. The smallest absolute Gasteiger partial charge is 0.310 e. The summed E-state index contributed by atoms with van der Waals surface area (Å²) in [6.45, 7) is 1.95. The Labute approximate surface area is 97.4 Å². The van der Waals surface area contributed by atoms with Crippen molar-refractivity contribution < 1.29 is 13.9 Å². The lowest BCUT2D eigenvalue weighted by atomic mass is 10.1. The van der Waals surface area contributed by atoms with Crippen LogP contribution >= 0.6 is 11.6 Å². The SMILES string of the molecule is CCOC(=O)Cc1cc(C#N)c(F)cc1Cl. The Balaban J connectivity index is 2.97. The number of rotatable bonds is 3. The molecular weight excluding hydrogens is 233 g/mol. The third-order valence-corrected chi connectivity index (χ3v) is 2.25. The summed E-state index contributed by atoms with van der Waals surface area (Å²) in [4.78, 5) is 11.2. The Bertz CT molecular complexity index is 454. The molecule has 0 saturated carbocycles. The molecule has 0 unspecified atom stereocenters. The Hall–Kier alpha value is -1.60. The van der Waals surface area contributed by atoms with Crippen LogP contribution in [0.4, 0.5) is 4.39 Å². The van der Waals surface area contributed by atoms with Gasteiger partial charge in [0.05, 0.1) is 18.6 Å². The largest absolute Gasteiger partial charge is 0.466 e. The van der Waals surface area contributed by atoms with E-state index < -0.39 is 11.8 Å². The van der Waals surface area contributed by atoms with Gasteiger partial charge in [0.15, 0.2) is 0 Å². The molecule has 0 saturated heterocycles. The number of nitrogens with zero attached hydrogens (tertiary/aromatic N) is 1. The predicted molar refractivity (Wildman–Crippen MR) is 56.5 cm³/mol. The van der Waals surface area contributed by atoms with E-state index in [0.29, 0.717) is 5.56 Å². The fraction of sp³-hybridized carbons (Fsp3) is 0.273. The van der Waals surface area contributed by atoms with E-state index >= 15 is 0 Å². The predicted octanol–water partition coefficient (Wildman–Crippen LogP) is 2.46. The zero-order valence-electron chi connectivity index (χ0n) is 8.59. The van der Waals surface area contributed by atoms with Crippen molar-refractivity contribution in [3.8, 4) is 6.07 Å². The molecular formula is C11H9ClFNO2. The lowest BCUT2D eigenvalue weighted by Gasteiger charge is -2.05. The first-order valence-electron chi connectivity index (χ1n) is 4.62. The number of hydrogen-bond acceptors (Lipinski definition) is 3. The Morgan fingerprint density at radius 1 is 1.62 bits per heavy atom. The van der Waals surface area contributed by atoms with Gasteiger partial charge in [-0.3, -0.25) is 4.79 Å². The van der Waals surface area contributed by atoms with Crippen molar-refractivity contribution in [1.29, 1.82) is 5.26 Å². The van der Waals surface area contributed by atoms with E-state index in [-0.39, 0.29) is 23.6 Å². The van der Waals surface area contributed by atoms with Crippen LogP contribution in [0.1, 0.15) is 18.1 Å². The van der Waals surface area contributed by atoms with E-state index in [1.807, 2.05) is 0 Å². The fourth-order valence-electron chi connectivity index (χ4n) is 1.18. The van der Waals surface area contributed by atoms with Gasteiger partial charge in [0, 0.05) is 5.02 Å². The maximum Gasteiger partial charge on any atom is 0.310 e. The highest BCUT2D eigenvalue weighted by atomic mass is 35.5. The molecule has 0 radical (unpaired) electrons. The van der Waals surface area contributed by atoms with Gasteiger partial charge in [-0.1, -0.05) is 11.6 Å². The molecule has 1 aromatic rings. The van der Waals surface area contributed by atoms with Crippen molar-refractivity contribution in [2.75, 3.05) is 6.61 Å².